The lowest BCUT2D eigenvalue weighted by Crippen LogP contribution is -2.37. The van der Waals surface area contributed by atoms with Gasteiger partial charge in [0, 0.05) is 23.9 Å². The largest absolute Gasteiger partial charge is 0.369 e. The Morgan fingerprint density at radius 2 is 2.05 bits per heavy atom. The molecule has 3 heteroatoms. The number of aromatic nitrogens is 1. The van der Waals surface area contributed by atoms with Gasteiger partial charge in [-0.2, -0.15) is 0 Å². The third kappa shape index (κ3) is 2.82. The van der Waals surface area contributed by atoms with Crippen molar-refractivity contribution in [3.63, 3.8) is 0 Å². The molecule has 0 aliphatic carbocycles. The zero-order chi connectivity index (χ0) is 14.3. The van der Waals surface area contributed by atoms with E-state index in [1.165, 1.54) is 5.56 Å². The summed E-state index contributed by atoms with van der Waals surface area (Å²) in [5.74, 6) is 0.440. The lowest BCUT2D eigenvalue weighted by atomic mass is 9.78. The first-order valence-corrected chi connectivity index (χ1v) is 7.06. The molecule has 106 valence electrons. The van der Waals surface area contributed by atoms with Gasteiger partial charge in [-0.05, 0) is 59.7 Å². The second kappa shape index (κ2) is 4.88. The molecular formula is C16H26N2O. The van der Waals surface area contributed by atoms with Crippen molar-refractivity contribution < 1.29 is 4.74 Å². The number of hydrogen-bond acceptors (Lipinski definition) is 3. The van der Waals surface area contributed by atoms with E-state index in [0.29, 0.717) is 5.92 Å². The van der Waals surface area contributed by atoms with Crippen LogP contribution >= 0.6 is 0 Å². The number of hydrogen-bond donors (Lipinski definition) is 1. The standard InChI is InChI=1S/C16H26N2O/c1-11-12(8-7-9-18-11)14(17-6)13-10-15(2,3)19-16(13,4)5/h7-9,13-14,17H,10H2,1-6H3. The topological polar surface area (TPSA) is 34.2 Å². The maximum Gasteiger partial charge on any atom is 0.0681 e. The van der Waals surface area contributed by atoms with Crippen molar-refractivity contribution in [1.29, 1.82) is 0 Å². The van der Waals surface area contributed by atoms with Gasteiger partial charge in [0.2, 0.25) is 0 Å². The molecule has 1 saturated heterocycles. The SMILES string of the molecule is CNC(c1cccnc1C)C1CC(C)(C)OC1(C)C. The Hall–Kier alpha value is -0.930. The molecule has 3 nitrogen and oxygen atoms in total. The molecule has 0 spiro atoms. The fourth-order valence-electron chi connectivity index (χ4n) is 3.52. The average Bonchev–Trinajstić information content (AvgIpc) is 2.51. The molecule has 1 aromatic heterocycles. The minimum atomic E-state index is -0.126. The molecule has 0 radical (unpaired) electrons. The number of ether oxygens (including phenoxy) is 1. The number of pyridine rings is 1. The van der Waals surface area contributed by atoms with Gasteiger partial charge in [-0.3, -0.25) is 4.98 Å². The zero-order valence-corrected chi connectivity index (χ0v) is 12.9. The van der Waals surface area contributed by atoms with E-state index >= 15 is 0 Å². The Morgan fingerprint density at radius 1 is 1.37 bits per heavy atom. The summed E-state index contributed by atoms with van der Waals surface area (Å²) in [6.45, 7) is 10.8. The van der Waals surface area contributed by atoms with Crippen LogP contribution in [0.5, 0.6) is 0 Å². The number of aryl methyl sites for hydroxylation is 1. The first-order chi connectivity index (χ1) is 8.77. The summed E-state index contributed by atoms with van der Waals surface area (Å²) < 4.78 is 6.23. The number of nitrogens with one attached hydrogen (secondary N) is 1. The minimum absolute atomic E-state index is 0.0562. The molecule has 1 aliphatic rings. The normalized spacial score (nSPS) is 26.3. The predicted octanol–water partition coefficient (Wildman–Crippen LogP) is 3.24. The molecule has 1 aromatic rings. The third-order valence-corrected chi connectivity index (χ3v) is 4.24. The summed E-state index contributed by atoms with van der Waals surface area (Å²) in [4.78, 5) is 4.42. The van der Waals surface area contributed by atoms with Crippen molar-refractivity contribution >= 4 is 0 Å². The quantitative estimate of drug-likeness (QED) is 0.908. The van der Waals surface area contributed by atoms with Crippen LogP contribution in [0.15, 0.2) is 18.3 Å². The highest BCUT2D eigenvalue weighted by Gasteiger charge is 2.49. The van der Waals surface area contributed by atoms with Crippen LogP contribution in [-0.4, -0.2) is 23.2 Å². The molecule has 0 bridgehead atoms. The molecule has 2 heterocycles. The van der Waals surface area contributed by atoms with Crippen LogP contribution in [0.2, 0.25) is 0 Å². The monoisotopic (exact) mass is 262 g/mol. The van der Waals surface area contributed by atoms with E-state index in [2.05, 4.69) is 51.0 Å². The second-order valence-corrected chi connectivity index (χ2v) is 6.72. The predicted molar refractivity (Wildman–Crippen MR) is 78.1 cm³/mol. The molecule has 2 unspecified atom stereocenters. The van der Waals surface area contributed by atoms with E-state index in [0.717, 1.165) is 12.1 Å². The minimum Gasteiger partial charge on any atom is -0.369 e. The van der Waals surface area contributed by atoms with Crippen molar-refractivity contribution in [2.45, 2.75) is 58.3 Å². The fraction of sp³-hybridized carbons (Fsp3) is 0.688. The Bertz CT molecular complexity index is 454. The van der Waals surface area contributed by atoms with Crippen LogP contribution in [-0.2, 0) is 4.74 Å². The lowest BCUT2D eigenvalue weighted by molar-refractivity contribution is -0.0777. The fourth-order valence-corrected chi connectivity index (χ4v) is 3.52. The van der Waals surface area contributed by atoms with Crippen LogP contribution in [0.25, 0.3) is 0 Å². The van der Waals surface area contributed by atoms with Gasteiger partial charge in [-0.25, -0.2) is 0 Å². The first-order valence-electron chi connectivity index (χ1n) is 7.06. The van der Waals surface area contributed by atoms with Crippen LogP contribution < -0.4 is 5.32 Å². The summed E-state index contributed by atoms with van der Waals surface area (Å²) in [5, 5.41) is 3.47. The number of rotatable bonds is 3. The maximum atomic E-state index is 6.23. The molecule has 0 saturated carbocycles. The van der Waals surface area contributed by atoms with Crippen molar-refractivity contribution in [2.75, 3.05) is 7.05 Å². The molecule has 1 aliphatic heterocycles. The summed E-state index contributed by atoms with van der Waals surface area (Å²) in [6, 6.07) is 4.47. The van der Waals surface area contributed by atoms with E-state index < -0.39 is 0 Å². The molecule has 2 rings (SSSR count). The highest BCUT2D eigenvalue weighted by molar-refractivity contribution is 5.25. The van der Waals surface area contributed by atoms with Crippen LogP contribution in [0.1, 0.15) is 51.4 Å². The van der Waals surface area contributed by atoms with Gasteiger partial charge in [0.05, 0.1) is 11.2 Å². The highest BCUT2D eigenvalue weighted by Crippen LogP contribution is 2.47. The number of nitrogens with zero attached hydrogens (tertiary/aromatic N) is 1. The molecular weight excluding hydrogens is 236 g/mol. The molecule has 19 heavy (non-hydrogen) atoms. The summed E-state index contributed by atoms with van der Waals surface area (Å²) in [7, 11) is 2.03. The molecule has 0 aromatic carbocycles. The van der Waals surface area contributed by atoms with Crippen molar-refractivity contribution in [3.05, 3.63) is 29.6 Å². The van der Waals surface area contributed by atoms with E-state index in [-0.39, 0.29) is 17.2 Å². The molecule has 1 fully saturated rings. The van der Waals surface area contributed by atoms with Gasteiger partial charge < -0.3 is 10.1 Å². The van der Waals surface area contributed by atoms with Crippen LogP contribution in [0, 0.1) is 12.8 Å². The van der Waals surface area contributed by atoms with E-state index in [4.69, 9.17) is 4.74 Å². The Balaban J connectivity index is 2.36. The first kappa shape index (κ1) is 14.5. The van der Waals surface area contributed by atoms with E-state index in [1.54, 1.807) is 0 Å². The van der Waals surface area contributed by atoms with E-state index in [1.807, 2.05) is 19.3 Å². The smallest absolute Gasteiger partial charge is 0.0681 e. The second-order valence-electron chi connectivity index (χ2n) is 6.72. The van der Waals surface area contributed by atoms with Crippen LogP contribution in [0.4, 0.5) is 0 Å². The van der Waals surface area contributed by atoms with Gasteiger partial charge in [0.1, 0.15) is 0 Å². The Labute approximate surface area is 116 Å². The van der Waals surface area contributed by atoms with Crippen LogP contribution in [0.3, 0.4) is 0 Å². The van der Waals surface area contributed by atoms with Gasteiger partial charge in [0.25, 0.3) is 0 Å². The molecule has 0 amide bonds. The van der Waals surface area contributed by atoms with Crippen molar-refractivity contribution in [2.24, 2.45) is 5.92 Å². The highest BCUT2D eigenvalue weighted by atomic mass is 16.5. The Kier molecular flexibility index (Phi) is 3.72. The third-order valence-electron chi connectivity index (χ3n) is 4.24. The van der Waals surface area contributed by atoms with Crippen molar-refractivity contribution in [3.8, 4) is 0 Å². The summed E-state index contributed by atoms with van der Waals surface area (Å²) >= 11 is 0. The zero-order valence-electron chi connectivity index (χ0n) is 12.9. The van der Waals surface area contributed by atoms with Gasteiger partial charge in [-0.15, -0.1) is 0 Å². The van der Waals surface area contributed by atoms with E-state index in [9.17, 15) is 0 Å². The molecule has 2 atom stereocenters. The van der Waals surface area contributed by atoms with Gasteiger partial charge in [-0.1, -0.05) is 6.07 Å². The summed E-state index contributed by atoms with van der Waals surface area (Å²) in [6.07, 6.45) is 2.91. The molecule has 1 N–H and O–H groups in total. The average molecular weight is 262 g/mol. The maximum absolute atomic E-state index is 6.23. The van der Waals surface area contributed by atoms with Gasteiger partial charge in [0.15, 0.2) is 0 Å². The van der Waals surface area contributed by atoms with Crippen molar-refractivity contribution in [1.82, 2.24) is 10.3 Å². The lowest BCUT2D eigenvalue weighted by Gasteiger charge is -2.33. The van der Waals surface area contributed by atoms with Gasteiger partial charge >= 0.3 is 0 Å². The Morgan fingerprint density at radius 3 is 2.53 bits per heavy atom. The summed E-state index contributed by atoms with van der Waals surface area (Å²) in [5.41, 5.74) is 2.20.